The summed E-state index contributed by atoms with van der Waals surface area (Å²) in [5.41, 5.74) is 5.63. The molecule has 1 aromatic rings. The van der Waals surface area contributed by atoms with Gasteiger partial charge in [-0.15, -0.1) is 12.4 Å². The Bertz CT molecular complexity index is 644. The van der Waals surface area contributed by atoms with Crippen molar-refractivity contribution in [1.29, 1.82) is 0 Å². The number of likely N-dealkylation sites (tertiary alicyclic amines) is 1. The standard InChI is InChI=1S/C16H23FN2O3S.ClH/c1-12(16(20)19-8-6-13(10-18)7-9-19)11-23(21,22)15-4-2-14(17)3-5-15;/h2-5,12-13H,6-11,18H2,1H3;1H. The van der Waals surface area contributed by atoms with Crippen LogP contribution in [0.15, 0.2) is 29.2 Å². The lowest BCUT2D eigenvalue weighted by Gasteiger charge is -2.33. The number of carbonyl (C=O) groups is 1. The maximum Gasteiger partial charge on any atom is 0.226 e. The highest BCUT2D eigenvalue weighted by atomic mass is 35.5. The van der Waals surface area contributed by atoms with E-state index < -0.39 is 21.6 Å². The molecule has 1 fully saturated rings. The molecular formula is C16H24ClFN2O3S. The first kappa shape index (κ1) is 20.9. The van der Waals surface area contributed by atoms with Gasteiger partial charge in [-0.3, -0.25) is 4.79 Å². The fraction of sp³-hybridized carbons (Fsp3) is 0.562. The van der Waals surface area contributed by atoms with Gasteiger partial charge in [-0.25, -0.2) is 12.8 Å². The van der Waals surface area contributed by atoms with Gasteiger partial charge in [0.1, 0.15) is 5.82 Å². The molecule has 0 bridgehead atoms. The smallest absolute Gasteiger partial charge is 0.226 e. The fourth-order valence-electron chi connectivity index (χ4n) is 2.84. The Hall–Kier alpha value is -1.18. The van der Waals surface area contributed by atoms with Crippen molar-refractivity contribution in [3.8, 4) is 0 Å². The molecule has 1 unspecified atom stereocenters. The second-order valence-corrected chi connectivity index (χ2v) is 8.17. The second kappa shape index (κ2) is 8.78. The summed E-state index contributed by atoms with van der Waals surface area (Å²) in [6.45, 7) is 3.50. The quantitative estimate of drug-likeness (QED) is 0.793. The van der Waals surface area contributed by atoms with E-state index in [4.69, 9.17) is 5.73 Å². The van der Waals surface area contributed by atoms with Gasteiger partial charge in [0.25, 0.3) is 0 Å². The number of nitrogens with zero attached hydrogens (tertiary/aromatic N) is 1. The van der Waals surface area contributed by atoms with Gasteiger partial charge < -0.3 is 10.6 Å². The summed E-state index contributed by atoms with van der Waals surface area (Å²) >= 11 is 0. The van der Waals surface area contributed by atoms with Crippen molar-refractivity contribution in [2.45, 2.75) is 24.7 Å². The molecule has 8 heteroatoms. The Kier molecular flexibility index (Phi) is 7.63. The molecule has 0 saturated carbocycles. The second-order valence-electron chi connectivity index (χ2n) is 6.14. The van der Waals surface area contributed by atoms with E-state index in [0.717, 1.165) is 25.0 Å². The minimum atomic E-state index is -3.61. The number of nitrogens with two attached hydrogens (primary N) is 1. The lowest BCUT2D eigenvalue weighted by Crippen LogP contribution is -2.43. The van der Waals surface area contributed by atoms with Crippen LogP contribution < -0.4 is 5.73 Å². The van der Waals surface area contributed by atoms with Gasteiger partial charge >= 0.3 is 0 Å². The van der Waals surface area contributed by atoms with Crippen LogP contribution in [0.5, 0.6) is 0 Å². The molecule has 0 aliphatic carbocycles. The zero-order chi connectivity index (χ0) is 17.0. The van der Waals surface area contributed by atoms with E-state index in [2.05, 4.69) is 0 Å². The van der Waals surface area contributed by atoms with Crippen LogP contribution in [0.1, 0.15) is 19.8 Å². The predicted octanol–water partition coefficient (Wildman–Crippen LogP) is 1.85. The van der Waals surface area contributed by atoms with Crippen LogP contribution in [0, 0.1) is 17.7 Å². The topological polar surface area (TPSA) is 80.5 Å². The molecule has 1 saturated heterocycles. The lowest BCUT2D eigenvalue weighted by molar-refractivity contribution is -0.135. The molecular weight excluding hydrogens is 355 g/mol. The Balaban J connectivity index is 0.00000288. The number of hydrogen-bond donors (Lipinski definition) is 1. The third-order valence-corrected chi connectivity index (χ3v) is 6.25. The predicted molar refractivity (Wildman–Crippen MR) is 93.2 cm³/mol. The van der Waals surface area contributed by atoms with Crippen molar-refractivity contribution in [2.24, 2.45) is 17.6 Å². The molecule has 2 rings (SSSR count). The van der Waals surface area contributed by atoms with E-state index in [9.17, 15) is 17.6 Å². The number of sulfone groups is 1. The van der Waals surface area contributed by atoms with Crippen LogP contribution in [0.3, 0.4) is 0 Å². The summed E-state index contributed by atoms with van der Waals surface area (Å²) in [6.07, 6.45) is 1.72. The molecule has 1 heterocycles. The molecule has 0 spiro atoms. The van der Waals surface area contributed by atoms with E-state index in [1.165, 1.54) is 12.1 Å². The molecule has 1 aliphatic heterocycles. The first-order chi connectivity index (χ1) is 10.8. The summed E-state index contributed by atoms with van der Waals surface area (Å²) in [7, 11) is -3.61. The number of piperidine rings is 1. The van der Waals surface area contributed by atoms with Crippen LogP contribution in [0.2, 0.25) is 0 Å². The molecule has 5 nitrogen and oxygen atoms in total. The summed E-state index contributed by atoms with van der Waals surface area (Å²) in [5.74, 6) is -1.09. The van der Waals surface area contributed by atoms with E-state index in [1.54, 1.807) is 11.8 Å². The Morgan fingerprint density at radius 2 is 1.83 bits per heavy atom. The van der Waals surface area contributed by atoms with E-state index in [0.29, 0.717) is 25.6 Å². The Labute approximate surface area is 148 Å². The average molecular weight is 379 g/mol. The van der Waals surface area contributed by atoms with Crippen LogP contribution in [0.25, 0.3) is 0 Å². The van der Waals surface area contributed by atoms with Gasteiger partial charge in [0.05, 0.1) is 10.6 Å². The normalized spacial score (nSPS) is 17.2. The highest BCUT2D eigenvalue weighted by Crippen LogP contribution is 2.20. The van der Waals surface area contributed by atoms with E-state index in [-0.39, 0.29) is 29.0 Å². The fourth-order valence-corrected chi connectivity index (χ4v) is 4.38. The zero-order valence-corrected chi connectivity index (χ0v) is 15.3. The number of carbonyl (C=O) groups excluding carboxylic acids is 1. The zero-order valence-electron chi connectivity index (χ0n) is 13.7. The molecule has 0 radical (unpaired) electrons. The molecule has 1 atom stereocenters. The van der Waals surface area contributed by atoms with Crippen molar-refractivity contribution in [2.75, 3.05) is 25.4 Å². The van der Waals surface area contributed by atoms with Crippen molar-refractivity contribution in [1.82, 2.24) is 4.90 Å². The van der Waals surface area contributed by atoms with Crippen LogP contribution in [0.4, 0.5) is 4.39 Å². The van der Waals surface area contributed by atoms with Crippen molar-refractivity contribution in [3.63, 3.8) is 0 Å². The van der Waals surface area contributed by atoms with E-state index in [1.807, 2.05) is 0 Å². The van der Waals surface area contributed by atoms with Crippen LogP contribution in [-0.4, -0.2) is 44.6 Å². The van der Waals surface area contributed by atoms with Crippen molar-refractivity contribution >= 4 is 28.2 Å². The summed E-state index contributed by atoms with van der Waals surface area (Å²) in [4.78, 5) is 14.2. The van der Waals surface area contributed by atoms with Gasteiger partial charge in [-0.05, 0) is 49.6 Å². The van der Waals surface area contributed by atoms with Crippen molar-refractivity contribution in [3.05, 3.63) is 30.1 Å². The highest BCUT2D eigenvalue weighted by Gasteiger charge is 2.29. The Morgan fingerprint density at radius 1 is 1.29 bits per heavy atom. The third-order valence-electron chi connectivity index (χ3n) is 4.32. The first-order valence-electron chi connectivity index (χ1n) is 7.80. The molecule has 1 amide bonds. The van der Waals surface area contributed by atoms with Gasteiger partial charge in [0.15, 0.2) is 9.84 Å². The lowest BCUT2D eigenvalue weighted by atomic mass is 9.96. The maximum atomic E-state index is 12.9. The van der Waals surface area contributed by atoms with Gasteiger partial charge in [-0.2, -0.15) is 0 Å². The number of amides is 1. The van der Waals surface area contributed by atoms with Crippen LogP contribution in [-0.2, 0) is 14.6 Å². The minimum absolute atomic E-state index is 0. The van der Waals surface area contributed by atoms with Gasteiger partial charge in [-0.1, -0.05) is 6.92 Å². The molecule has 2 N–H and O–H groups in total. The number of rotatable bonds is 5. The largest absolute Gasteiger partial charge is 0.342 e. The summed E-state index contributed by atoms with van der Waals surface area (Å²) in [6, 6.07) is 4.68. The van der Waals surface area contributed by atoms with Crippen LogP contribution >= 0.6 is 12.4 Å². The molecule has 24 heavy (non-hydrogen) atoms. The third kappa shape index (κ3) is 5.16. The average Bonchev–Trinajstić information content (AvgIpc) is 2.54. The summed E-state index contributed by atoms with van der Waals surface area (Å²) < 4.78 is 37.6. The number of hydrogen-bond acceptors (Lipinski definition) is 4. The maximum absolute atomic E-state index is 12.9. The minimum Gasteiger partial charge on any atom is -0.342 e. The number of benzene rings is 1. The summed E-state index contributed by atoms with van der Waals surface area (Å²) in [5, 5.41) is 0. The first-order valence-corrected chi connectivity index (χ1v) is 9.46. The van der Waals surface area contributed by atoms with Gasteiger partial charge in [0.2, 0.25) is 5.91 Å². The monoisotopic (exact) mass is 378 g/mol. The Morgan fingerprint density at radius 3 is 2.33 bits per heavy atom. The molecule has 1 aromatic carbocycles. The molecule has 1 aliphatic rings. The highest BCUT2D eigenvalue weighted by molar-refractivity contribution is 7.91. The number of halogens is 2. The molecule has 0 aromatic heterocycles. The van der Waals surface area contributed by atoms with E-state index >= 15 is 0 Å². The molecule has 136 valence electrons. The SMILES string of the molecule is CC(CS(=O)(=O)c1ccc(F)cc1)C(=O)N1CCC(CN)CC1.Cl. The van der Waals surface area contributed by atoms with Crippen molar-refractivity contribution < 1.29 is 17.6 Å². The van der Waals surface area contributed by atoms with Gasteiger partial charge in [0, 0.05) is 19.0 Å².